The Morgan fingerprint density at radius 3 is 2.40 bits per heavy atom. The van der Waals surface area contributed by atoms with Crippen molar-refractivity contribution in [3.63, 3.8) is 0 Å². The van der Waals surface area contributed by atoms with Crippen LogP contribution in [0.4, 0.5) is 4.79 Å². The molecular weight excluding hydrogens is 196 g/mol. The summed E-state index contributed by atoms with van der Waals surface area (Å²) in [5.74, 6) is -0.270. The fourth-order valence-corrected chi connectivity index (χ4v) is 1.22. The molecule has 0 saturated carbocycles. The number of amides is 2. The largest absolute Gasteiger partial charge is 0.465 e. The Balaban J connectivity index is 3.84. The molecule has 0 rings (SSSR count). The molecule has 0 unspecified atom stereocenters. The Hall–Kier alpha value is -1.26. The summed E-state index contributed by atoms with van der Waals surface area (Å²) in [7, 11) is 1.50. The molecule has 0 radical (unpaired) electrons. The second kappa shape index (κ2) is 8.08. The topological polar surface area (TPSA) is 69.6 Å². The van der Waals surface area contributed by atoms with Crippen molar-refractivity contribution in [2.24, 2.45) is 0 Å². The smallest absolute Gasteiger partial charge is 0.407 e. The monoisotopic (exact) mass is 216 g/mol. The lowest BCUT2D eigenvalue weighted by atomic mass is 10.2. The number of carbonyl (C=O) groups is 2. The maximum atomic E-state index is 11.0. The molecule has 0 spiro atoms. The van der Waals surface area contributed by atoms with Crippen LogP contribution in [0.1, 0.15) is 32.6 Å². The molecule has 5 nitrogen and oxygen atoms in total. The summed E-state index contributed by atoms with van der Waals surface area (Å²) in [6.07, 6.45) is 3.01. The highest BCUT2D eigenvalue weighted by molar-refractivity contribution is 5.81. The normalized spacial score (nSPS) is 9.73. The van der Waals surface area contributed by atoms with Gasteiger partial charge in [0, 0.05) is 13.6 Å². The maximum absolute atomic E-state index is 11.0. The average molecular weight is 216 g/mol. The predicted octanol–water partition coefficient (Wildman–Crippen LogP) is 1.29. The number of nitrogens with zero attached hydrogens (tertiary/aromatic N) is 1. The summed E-state index contributed by atoms with van der Waals surface area (Å²) in [5.41, 5.74) is 0. The number of carbonyl (C=O) groups excluding carboxylic acids is 1. The van der Waals surface area contributed by atoms with Crippen LogP contribution in [0.2, 0.25) is 0 Å². The van der Waals surface area contributed by atoms with Crippen molar-refractivity contribution in [3.8, 4) is 0 Å². The van der Waals surface area contributed by atoms with E-state index >= 15 is 0 Å². The molecule has 15 heavy (non-hydrogen) atoms. The van der Waals surface area contributed by atoms with Crippen molar-refractivity contribution in [1.82, 2.24) is 10.2 Å². The van der Waals surface area contributed by atoms with Crippen LogP contribution in [0.15, 0.2) is 0 Å². The molecule has 0 bridgehead atoms. The molecule has 0 aromatic carbocycles. The van der Waals surface area contributed by atoms with E-state index in [-0.39, 0.29) is 12.5 Å². The molecule has 0 aliphatic carbocycles. The van der Waals surface area contributed by atoms with Crippen LogP contribution in [0.25, 0.3) is 0 Å². The maximum Gasteiger partial charge on any atom is 0.407 e. The lowest BCUT2D eigenvalue weighted by Gasteiger charge is -2.17. The summed E-state index contributed by atoms with van der Waals surface area (Å²) in [6.45, 7) is 2.46. The van der Waals surface area contributed by atoms with Crippen molar-refractivity contribution in [2.45, 2.75) is 32.6 Å². The third-order valence-corrected chi connectivity index (χ3v) is 2.17. The third-order valence-electron chi connectivity index (χ3n) is 2.17. The summed E-state index contributed by atoms with van der Waals surface area (Å²) < 4.78 is 0. The van der Waals surface area contributed by atoms with Gasteiger partial charge in [0.25, 0.3) is 0 Å². The van der Waals surface area contributed by atoms with Crippen LogP contribution in [-0.2, 0) is 4.79 Å². The standard InChI is InChI=1S/C10H20N2O3/c1-3-4-5-6-7-12(10(14)15)8-9(13)11-2/h3-8H2,1-2H3,(H,11,13)(H,14,15). The number of nitrogens with one attached hydrogen (secondary N) is 1. The zero-order chi connectivity index (χ0) is 11.7. The van der Waals surface area contributed by atoms with Gasteiger partial charge in [0.1, 0.15) is 6.54 Å². The molecule has 5 heteroatoms. The highest BCUT2D eigenvalue weighted by atomic mass is 16.4. The summed E-state index contributed by atoms with van der Waals surface area (Å²) in [4.78, 5) is 22.9. The molecule has 0 aromatic rings. The van der Waals surface area contributed by atoms with Gasteiger partial charge in [-0.2, -0.15) is 0 Å². The Morgan fingerprint density at radius 2 is 1.93 bits per heavy atom. The highest BCUT2D eigenvalue weighted by Crippen LogP contribution is 2.01. The third kappa shape index (κ3) is 6.76. The first-order valence-electron chi connectivity index (χ1n) is 5.30. The molecule has 88 valence electrons. The SMILES string of the molecule is CCCCCCN(CC(=O)NC)C(=O)O. The zero-order valence-corrected chi connectivity index (χ0v) is 9.45. The van der Waals surface area contributed by atoms with E-state index in [0.717, 1.165) is 30.6 Å². The van der Waals surface area contributed by atoms with Gasteiger partial charge in [-0.05, 0) is 6.42 Å². The number of likely N-dealkylation sites (N-methyl/N-ethyl adjacent to an activating group) is 1. The van der Waals surface area contributed by atoms with Crippen LogP contribution in [0.5, 0.6) is 0 Å². The fraction of sp³-hybridized carbons (Fsp3) is 0.800. The van der Waals surface area contributed by atoms with E-state index in [4.69, 9.17) is 5.11 Å². The van der Waals surface area contributed by atoms with Crippen LogP contribution in [-0.4, -0.2) is 42.1 Å². The predicted molar refractivity (Wildman–Crippen MR) is 57.8 cm³/mol. The zero-order valence-electron chi connectivity index (χ0n) is 9.45. The van der Waals surface area contributed by atoms with E-state index in [2.05, 4.69) is 12.2 Å². The Bertz CT molecular complexity index is 207. The van der Waals surface area contributed by atoms with Gasteiger partial charge in [0.15, 0.2) is 0 Å². The van der Waals surface area contributed by atoms with E-state index in [9.17, 15) is 9.59 Å². The molecule has 2 N–H and O–H groups in total. The van der Waals surface area contributed by atoms with E-state index in [1.165, 1.54) is 7.05 Å². The minimum absolute atomic E-state index is 0.0715. The number of hydrogen-bond acceptors (Lipinski definition) is 2. The van der Waals surface area contributed by atoms with Crippen LogP contribution >= 0.6 is 0 Å². The first-order valence-corrected chi connectivity index (χ1v) is 5.30. The fourth-order valence-electron chi connectivity index (χ4n) is 1.22. The van der Waals surface area contributed by atoms with Crippen molar-refractivity contribution in [2.75, 3.05) is 20.1 Å². The van der Waals surface area contributed by atoms with Crippen molar-refractivity contribution >= 4 is 12.0 Å². The first-order chi connectivity index (χ1) is 7.11. The summed E-state index contributed by atoms with van der Waals surface area (Å²) in [6, 6.07) is 0. The van der Waals surface area contributed by atoms with Crippen molar-refractivity contribution in [3.05, 3.63) is 0 Å². The molecule has 0 aliphatic heterocycles. The van der Waals surface area contributed by atoms with Crippen LogP contribution in [0.3, 0.4) is 0 Å². The lowest BCUT2D eigenvalue weighted by Crippen LogP contribution is -2.39. The molecule has 0 aromatic heterocycles. The van der Waals surface area contributed by atoms with Gasteiger partial charge in [-0.1, -0.05) is 26.2 Å². The molecule has 0 atom stereocenters. The molecular formula is C10H20N2O3. The van der Waals surface area contributed by atoms with Gasteiger partial charge in [0.2, 0.25) is 5.91 Å². The van der Waals surface area contributed by atoms with E-state index in [0.29, 0.717) is 6.54 Å². The van der Waals surface area contributed by atoms with Crippen molar-refractivity contribution in [1.29, 1.82) is 0 Å². The summed E-state index contributed by atoms with van der Waals surface area (Å²) in [5, 5.41) is 11.2. The molecule has 0 aliphatic rings. The van der Waals surface area contributed by atoms with Gasteiger partial charge < -0.3 is 10.4 Å². The second-order valence-electron chi connectivity index (χ2n) is 3.44. The van der Waals surface area contributed by atoms with Gasteiger partial charge in [0.05, 0.1) is 0 Å². The molecule has 0 saturated heterocycles. The van der Waals surface area contributed by atoms with E-state index in [1.54, 1.807) is 0 Å². The minimum atomic E-state index is -1.03. The highest BCUT2D eigenvalue weighted by Gasteiger charge is 2.14. The Kier molecular flexibility index (Phi) is 7.40. The Morgan fingerprint density at radius 1 is 1.27 bits per heavy atom. The van der Waals surface area contributed by atoms with Gasteiger partial charge >= 0.3 is 6.09 Å². The minimum Gasteiger partial charge on any atom is -0.465 e. The average Bonchev–Trinajstić information content (AvgIpc) is 2.21. The second-order valence-corrected chi connectivity index (χ2v) is 3.44. The van der Waals surface area contributed by atoms with Crippen LogP contribution in [0, 0.1) is 0 Å². The molecule has 2 amide bonds. The number of unbranched alkanes of at least 4 members (excludes halogenated alkanes) is 3. The lowest BCUT2D eigenvalue weighted by molar-refractivity contribution is -0.121. The quantitative estimate of drug-likeness (QED) is 0.630. The number of hydrogen-bond donors (Lipinski definition) is 2. The van der Waals surface area contributed by atoms with Crippen LogP contribution < -0.4 is 5.32 Å². The summed E-state index contributed by atoms with van der Waals surface area (Å²) >= 11 is 0. The van der Waals surface area contributed by atoms with E-state index < -0.39 is 6.09 Å². The van der Waals surface area contributed by atoms with Crippen molar-refractivity contribution < 1.29 is 14.7 Å². The van der Waals surface area contributed by atoms with Gasteiger partial charge in [-0.25, -0.2) is 4.79 Å². The Labute approximate surface area is 90.5 Å². The van der Waals surface area contributed by atoms with Gasteiger partial charge in [-0.15, -0.1) is 0 Å². The van der Waals surface area contributed by atoms with E-state index in [1.807, 2.05) is 0 Å². The first kappa shape index (κ1) is 13.7. The molecule has 0 fully saturated rings. The van der Waals surface area contributed by atoms with Gasteiger partial charge in [-0.3, -0.25) is 9.69 Å². The number of carboxylic acid groups (broad SMARTS) is 1. The molecule has 0 heterocycles. The number of rotatable bonds is 7.